The maximum atomic E-state index is 5.85. The van der Waals surface area contributed by atoms with Crippen molar-refractivity contribution in [3.05, 3.63) is 11.9 Å². The van der Waals surface area contributed by atoms with E-state index >= 15 is 0 Å². The molecule has 1 saturated heterocycles. The van der Waals surface area contributed by atoms with Gasteiger partial charge in [-0.25, -0.2) is 4.98 Å². The summed E-state index contributed by atoms with van der Waals surface area (Å²) in [5.41, 5.74) is 7.09. The molecule has 1 fully saturated rings. The number of hydrogen-bond acceptors (Lipinski definition) is 3. The van der Waals surface area contributed by atoms with Crippen LogP contribution in [0.3, 0.4) is 0 Å². The van der Waals surface area contributed by atoms with Gasteiger partial charge in [0.15, 0.2) is 0 Å². The third-order valence-electron chi connectivity index (χ3n) is 3.00. The Morgan fingerprint density at radius 2 is 2.07 bits per heavy atom. The highest BCUT2D eigenvalue weighted by molar-refractivity contribution is 5.23. The number of rotatable bonds is 3. The zero-order valence-electron chi connectivity index (χ0n) is 9.61. The molecule has 0 aromatic carbocycles. The molecule has 1 aliphatic rings. The summed E-state index contributed by atoms with van der Waals surface area (Å²) in [5.74, 6) is 0.638. The van der Waals surface area contributed by atoms with Crippen LogP contribution in [0.2, 0.25) is 0 Å². The summed E-state index contributed by atoms with van der Waals surface area (Å²) in [6.45, 7) is 7.70. The van der Waals surface area contributed by atoms with Crippen LogP contribution in [0.15, 0.2) is 6.20 Å². The van der Waals surface area contributed by atoms with Gasteiger partial charge in [0.1, 0.15) is 0 Å². The molecular weight excluding hydrogens is 188 g/mol. The molecule has 1 aromatic rings. The Morgan fingerprint density at radius 1 is 1.40 bits per heavy atom. The van der Waals surface area contributed by atoms with E-state index < -0.39 is 0 Å². The lowest BCUT2D eigenvalue weighted by Crippen LogP contribution is -2.21. The lowest BCUT2D eigenvalue weighted by molar-refractivity contribution is 0.319. The molecule has 0 aliphatic carbocycles. The summed E-state index contributed by atoms with van der Waals surface area (Å²) in [6.07, 6.45) is 4.56. The molecule has 1 aromatic heterocycles. The third-order valence-corrected chi connectivity index (χ3v) is 3.00. The van der Waals surface area contributed by atoms with Crippen LogP contribution in [0, 0.1) is 0 Å². The largest absolute Gasteiger partial charge is 0.369 e. The standard InChI is InChI=1S/C11H20N4/c1-9(2)15-10(7-13-11(15)12)8-14-5-3-4-6-14/h7,9H,3-6,8H2,1-2H3,(H2,12,13). The molecule has 15 heavy (non-hydrogen) atoms. The van der Waals surface area contributed by atoms with Crippen LogP contribution >= 0.6 is 0 Å². The molecule has 4 nitrogen and oxygen atoms in total. The molecule has 1 aliphatic heterocycles. The smallest absolute Gasteiger partial charge is 0.200 e. The van der Waals surface area contributed by atoms with Crippen molar-refractivity contribution in [1.82, 2.24) is 14.5 Å². The molecule has 0 unspecified atom stereocenters. The Morgan fingerprint density at radius 3 is 2.67 bits per heavy atom. The number of hydrogen-bond donors (Lipinski definition) is 1. The van der Waals surface area contributed by atoms with E-state index in [1.807, 2.05) is 6.20 Å². The van der Waals surface area contributed by atoms with E-state index in [9.17, 15) is 0 Å². The fourth-order valence-electron chi connectivity index (χ4n) is 2.30. The Labute approximate surface area is 91.1 Å². The van der Waals surface area contributed by atoms with E-state index in [0.29, 0.717) is 12.0 Å². The number of likely N-dealkylation sites (tertiary alicyclic amines) is 1. The van der Waals surface area contributed by atoms with Crippen molar-refractivity contribution in [2.45, 2.75) is 39.3 Å². The predicted molar refractivity (Wildman–Crippen MR) is 61.5 cm³/mol. The molecule has 84 valence electrons. The van der Waals surface area contributed by atoms with Crippen molar-refractivity contribution in [2.24, 2.45) is 0 Å². The number of anilines is 1. The molecule has 0 amide bonds. The van der Waals surface area contributed by atoms with E-state index in [4.69, 9.17) is 5.73 Å². The maximum absolute atomic E-state index is 5.85. The first-order valence-corrected chi connectivity index (χ1v) is 5.72. The minimum atomic E-state index is 0.394. The minimum Gasteiger partial charge on any atom is -0.369 e. The Balaban J connectivity index is 2.13. The van der Waals surface area contributed by atoms with Gasteiger partial charge in [0.2, 0.25) is 5.95 Å². The average Bonchev–Trinajstić information content (AvgIpc) is 2.76. The van der Waals surface area contributed by atoms with E-state index in [0.717, 1.165) is 6.54 Å². The van der Waals surface area contributed by atoms with Gasteiger partial charge >= 0.3 is 0 Å². The molecule has 0 spiro atoms. The highest BCUT2D eigenvalue weighted by Gasteiger charge is 2.16. The first-order valence-electron chi connectivity index (χ1n) is 5.72. The van der Waals surface area contributed by atoms with Gasteiger partial charge in [0, 0.05) is 12.6 Å². The van der Waals surface area contributed by atoms with E-state index in [1.165, 1.54) is 31.6 Å². The van der Waals surface area contributed by atoms with Crippen LogP contribution in [0.25, 0.3) is 0 Å². The van der Waals surface area contributed by atoms with Gasteiger partial charge in [-0.15, -0.1) is 0 Å². The molecule has 0 radical (unpaired) electrons. The van der Waals surface area contributed by atoms with Crippen LogP contribution in [-0.4, -0.2) is 27.5 Å². The van der Waals surface area contributed by atoms with E-state index in [1.54, 1.807) is 0 Å². The Bertz CT molecular complexity index is 323. The molecule has 0 saturated carbocycles. The van der Waals surface area contributed by atoms with E-state index in [2.05, 4.69) is 28.3 Å². The van der Waals surface area contributed by atoms with Crippen LogP contribution < -0.4 is 5.73 Å². The first kappa shape index (κ1) is 10.5. The second kappa shape index (κ2) is 4.23. The summed E-state index contributed by atoms with van der Waals surface area (Å²) < 4.78 is 2.12. The van der Waals surface area contributed by atoms with Gasteiger partial charge in [-0.2, -0.15) is 0 Å². The van der Waals surface area contributed by atoms with Crippen molar-refractivity contribution in [3.63, 3.8) is 0 Å². The molecular formula is C11H20N4. The lowest BCUT2D eigenvalue weighted by Gasteiger charge is -2.18. The zero-order valence-corrected chi connectivity index (χ0v) is 9.61. The van der Waals surface area contributed by atoms with Gasteiger partial charge in [-0.1, -0.05) is 0 Å². The zero-order chi connectivity index (χ0) is 10.8. The monoisotopic (exact) mass is 208 g/mol. The van der Waals surface area contributed by atoms with Crippen LogP contribution in [0.1, 0.15) is 38.4 Å². The van der Waals surface area contributed by atoms with Gasteiger partial charge in [-0.3, -0.25) is 4.90 Å². The van der Waals surface area contributed by atoms with Crippen molar-refractivity contribution >= 4 is 5.95 Å². The highest BCUT2D eigenvalue weighted by Crippen LogP contribution is 2.18. The van der Waals surface area contributed by atoms with Crippen molar-refractivity contribution in [3.8, 4) is 0 Å². The molecule has 2 N–H and O–H groups in total. The quantitative estimate of drug-likeness (QED) is 0.821. The molecule has 2 rings (SSSR count). The average molecular weight is 208 g/mol. The van der Waals surface area contributed by atoms with Gasteiger partial charge < -0.3 is 10.3 Å². The maximum Gasteiger partial charge on any atom is 0.200 e. The molecule has 0 bridgehead atoms. The van der Waals surface area contributed by atoms with Crippen LogP contribution in [0.4, 0.5) is 5.95 Å². The third kappa shape index (κ3) is 2.15. The normalized spacial score (nSPS) is 17.8. The predicted octanol–water partition coefficient (Wildman–Crippen LogP) is 1.64. The molecule has 4 heteroatoms. The summed E-state index contributed by atoms with van der Waals surface area (Å²) >= 11 is 0. The summed E-state index contributed by atoms with van der Waals surface area (Å²) in [5, 5.41) is 0. The van der Waals surface area contributed by atoms with Gasteiger partial charge in [-0.05, 0) is 39.8 Å². The topological polar surface area (TPSA) is 47.1 Å². The number of aromatic nitrogens is 2. The number of imidazole rings is 1. The van der Waals surface area contributed by atoms with Crippen molar-refractivity contribution in [1.29, 1.82) is 0 Å². The molecule has 0 atom stereocenters. The second-order valence-corrected chi connectivity index (χ2v) is 4.55. The lowest BCUT2D eigenvalue weighted by atomic mass is 10.3. The Kier molecular flexibility index (Phi) is 2.95. The van der Waals surface area contributed by atoms with Gasteiger partial charge in [0.25, 0.3) is 0 Å². The minimum absolute atomic E-state index is 0.394. The SMILES string of the molecule is CC(C)n1c(CN2CCCC2)cnc1N. The Hall–Kier alpha value is -1.03. The van der Waals surface area contributed by atoms with Gasteiger partial charge in [0.05, 0.1) is 11.9 Å². The molecule has 2 heterocycles. The second-order valence-electron chi connectivity index (χ2n) is 4.55. The van der Waals surface area contributed by atoms with Crippen molar-refractivity contribution < 1.29 is 0 Å². The van der Waals surface area contributed by atoms with Crippen molar-refractivity contribution in [2.75, 3.05) is 18.8 Å². The van der Waals surface area contributed by atoms with E-state index in [-0.39, 0.29) is 0 Å². The summed E-state index contributed by atoms with van der Waals surface area (Å²) in [4.78, 5) is 6.66. The van der Waals surface area contributed by atoms with Crippen LogP contribution in [0.5, 0.6) is 0 Å². The number of nitrogens with two attached hydrogens (primary N) is 1. The summed E-state index contributed by atoms with van der Waals surface area (Å²) in [6, 6.07) is 0.394. The highest BCUT2D eigenvalue weighted by atomic mass is 15.2. The van der Waals surface area contributed by atoms with Crippen LogP contribution in [-0.2, 0) is 6.54 Å². The fourth-order valence-corrected chi connectivity index (χ4v) is 2.30. The summed E-state index contributed by atoms with van der Waals surface area (Å²) in [7, 11) is 0. The number of nitrogens with zero attached hydrogens (tertiary/aromatic N) is 3. The number of nitrogen functional groups attached to an aromatic ring is 1. The first-order chi connectivity index (χ1) is 7.18. The fraction of sp³-hybridized carbons (Fsp3) is 0.727.